The van der Waals surface area contributed by atoms with Gasteiger partial charge in [0.1, 0.15) is 6.10 Å². The maximum absolute atomic E-state index is 10.3. The van der Waals surface area contributed by atoms with Gasteiger partial charge in [0.25, 0.3) is 0 Å². The van der Waals surface area contributed by atoms with Crippen LogP contribution in [0.25, 0.3) is 5.57 Å². The Morgan fingerprint density at radius 3 is 2.38 bits per heavy atom. The average molecular weight is 360 g/mol. The monoisotopic (exact) mass is 360 g/mol. The molecule has 0 aliphatic heterocycles. The molecule has 0 heterocycles. The molecule has 1 aromatic rings. The summed E-state index contributed by atoms with van der Waals surface area (Å²) in [6.07, 6.45) is 7.37. The first kappa shape index (κ1) is 18.5. The quantitative estimate of drug-likeness (QED) is 0.784. The van der Waals surface area contributed by atoms with Crippen molar-refractivity contribution in [1.82, 2.24) is 0 Å². The Hall–Kier alpha value is -2.28. The fraction of sp³-hybridized carbons (Fsp3) is 0.400. The molecule has 6 heteroatoms. The number of benzene rings is 1. The number of fused-ring (bicyclic) bond motifs is 1. The number of hydrogen-bond acceptors (Lipinski definition) is 6. The molecule has 2 aliphatic rings. The van der Waals surface area contributed by atoms with E-state index in [9.17, 15) is 10.2 Å². The summed E-state index contributed by atoms with van der Waals surface area (Å²) in [4.78, 5) is 0. The van der Waals surface area contributed by atoms with Crippen molar-refractivity contribution in [3.63, 3.8) is 0 Å². The second-order valence-corrected chi connectivity index (χ2v) is 6.18. The average Bonchev–Trinajstić information content (AvgIpc) is 2.67. The zero-order chi connectivity index (χ0) is 18.9. The van der Waals surface area contributed by atoms with Crippen LogP contribution in [0.4, 0.5) is 0 Å². The van der Waals surface area contributed by atoms with E-state index in [0.29, 0.717) is 17.2 Å². The SMILES string of the molecule is COc1cc2c(c(OC)c1OC)CCC=C2C1=CC(O)C(O)(OC)C=C1. The first-order chi connectivity index (χ1) is 12.5. The molecule has 140 valence electrons. The summed E-state index contributed by atoms with van der Waals surface area (Å²) in [6, 6.07) is 1.92. The fourth-order valence-corrected chi connectivity index (χ4v) is 3.47. The molecular weight excluding hydrogens is 336 g/mol. The molecule has 26 heavy (non-hydrogen) atoms. The summed E-state index contributed by atoms with van der Waals surface area (Å²) in [6.45, 7) is 0. The number of aliphatic hydroxyl groups excluding tert-OH is 1. The van der Waals surface area contributed by atoms with Gasteiger partial charge in [0, 0.05) is 12.7 Å². The first-order valence-electron chi connectivity index (χ1n) is 8.38. The van der Waals surface area contributed by atoms with Crippen LogP contribution in [0.3, 0.4) is 0 Å². The summed E-state index contributed by atoms with van der Waals surface area (Å²) in [5.41, 5.74) is 3.73. The number of rotatable bonds is 5. The number of methoxy groups -OCH3 is 4. The van der Waals surface area contributed by atoms with Crippen molar-refractivity contribution in [2.75, 3.05) is 28.4 Å². The Labute approximate surface area is 153 Å². The van der Waals surface area contributed by atoms with Crippen LogP contribution in [0, 0.1) is 0 Å². The van der Waals surface area contributed by atoms with Gasteiger partial charge >= 0.3 is 0 Å². The number of hydrogen-bond donors (Lipinski definition) is 2. The number of aliphatic hydroxyl groups is 2. The molecule has 2 N–H and O–H groups in total. The summed E-state index contributed by atoms with van der Waals surface area (Å²) < 4.78 is 21.6. The molecule has 2 aliphatic carbocycles. The molecule has 0 fully saturated rings. The summed E-state index contributed by atoms with van der Waals surface area (Å²) in [5, 5.41) is 20.5. The normalized spacial score (nSPS) is 24.5. The largest absolute Gasteiger partial charge is 0.493 e. The maximum Gasteiger partial charge on any atom is 0.216 e. The first-order valence-corrected chi connectivity index (χ1v) is 8.38. The van der Waals surface area contributed by atoms with Gasteiger partial charge < -0.3 is 29.2 Å². The van der Waals surface area contributed by atoms with E-state index in [1.165, 1.54) is 13.2 Å². The van der Waals surface area contributed by atoms with Crippen LogP contribution < -0.4 is 14.2 Å². The summed E-state index contributed by atoms with van der Waals surface area (Å²) in [7, 11) is 6.13. The van der Waals surface area contributed by atoms with Gasteiger partial charge in [0.15, 0.2) is 11.5 Å². The minimum atomic E-state index is -1.71. The third-order valence-electron chi connectivity index (χ3n) is 4.87. The van der Waals surface area contributed by atoms with E-state index in [1.807, 2.05) is 6.07 Å². The highest BCUT2D eigenvalue weighted by atomic mass is 16.6. The van der Waals surface area contributed by atoms with Crippen molar-refractivity contribution >= 4 is 5.57 Å². The lowest BCUT2D eigenvalue weighted by Crippen LogP contribution is -2.42. The van der Waals surface area contributed by atoms with Crippen LogP contribution in [-0.2, 0) is 11.2 Å². The van der Waals surface area contributed by atoms with E-state index in [-0.39, 0.29) is 0 Å². The molecule has 1 aromatic carbocycles. The molecule has 0 radical (unpaired) electrons. The third-order valence-corrected chi connectivity index (χ3v) is 4.87. The van der Waals surface area contributed by atoms with Crippen molar-refractivity contribution in [2.45, 2.75) is 24.7 Å². The number of allylic oxidation sites excluding steroid dienone is 4. The minimum absolute atomic E-state index is 0.567. The van der Waals surface area contributed by atoms with E-state index in [4.69, 9.17) is 18.9 Å². The van der Waals surface area contributed by atoms with Gasteiger partial charge in [-0.15, -0.1) is 0 Å². The highest BCUT2D eigenvalue weighted by molar-refractivity contribution is 5.87. The zero-order valence-corrected chi connectivity index (χ0v) is 15.4. The Balaban J connectivity index is 2.11. The molecule has 0 spiro atoms. The van der Waals surface area contributed by atoms with Crippen LogP contribution >= 0.6 is 0 Å². The van der Waals surface area contributed by atoms with Crippen LogP contribution in [0.5, 0.6) is 17.2 Å². The van der Waals surface area contributed by atoms with Crippen LogP contribution in [-0.4, -0.2) is 50.5 Å². The van der Waals surface area contributed by atoms with Gasteiger partial charge in [0.2, 0.25) is 11.5 Å². The van der Waals surface area contributed by atoms with Crippen molar-refractivity contribution in [2.24, 2.45) is 0 Å². The molecule has 6 nitrogen and oxygen atoms in total. The van der Waals surface area contributed by atoms with Crippen molar-refractivity contribution in [3.8, 4) is 17.2 Å². The molecule has 0 aromatic heterocycles. The smallest absolute Gasteiger partial charge is 0.216 e. The fourth-order valence-electron chi connectivity index (χ4n) is 3.47. The lowest BCUT2D eigenvalue weighted by molar-refractivity contribution is -0.195. The molecule has 2 unspecified atom stereocenters. The maximum atomic E-state index is 10.3. The Morgan fingerprint density at radius 1 is 1.08 bits per heavy atom. The van der Waals surface area contributed by atoms with E-state index in [1.54, 1.807) is 33.5 Å². The molecule has 0 bridgehead atoms. The predicted octanol–water partition coefficient (Wildman–Crippen LogP) is 2.23. The molecule has 0 saturated heterocycles. The lowest BCUT2D eigenvalue weighted by atomic mass is 9.83. The highest BCUT2D eigenvalue weighted by Crippen LogP contribution is 2.47. The van der Waals surface area contributed by atoms with E-state index in [0.717, 1.165) is 35.1 Å². The Morgan fingerprint density at radius 2 is 1.81 bits per heavy atom. The van der Waals surface area contributed by atoms with Crippen molar-refractivity contribution in [1.29, 1.82) is 0 Å². The van der Waals surface area contributed by atoms with Gasteiger partial charge in [-0.2, -0.15) is 0 Å². The second-order valence-electron chi connectivity index (χ2n) is 6.18. The molecule has 0 saturated carbocycles. The van der Waals surface area contributed by atoms with Crippen LogP contribution in [0.2, 0.25) is 0 Å². The third kappa shape index (κ3) is 2.90. The summed E-state index contributed by atoms with van der Waals surface area (Å²) in [5.74, 6) is 0.0839. The summed E-state index contributed by atoms with van der Waals surface area (Å²) >= 11 is 0. The number of ether oxygens (including phenoxy) is 4. The van der Waals surface area contributed by atoms with Crippen LogP contribution in [0.1, 0.15) is 17.5 Å². The zero-order valence-electron chi connectivity index (χ0n) is 15.4. The van der Waals surface area contributed by atoms with Gasteiger partial charge in [-0.05, 0) is 47.8 Å². The van der Waals surface area contributed by atoms with Gasteiger partial charge in [-0.3, -0.25) is 0 Å². The minimum Gasteiger partial charge on any atom is -0.493 e. The molecule has 3 rings (SSSR count). The lowest BCUT2D eigenvalue weighted by Gasteiger charge is -2.31. The van der Waals surface area contributed by atoms with Gasteiger partial charge in [-0.1, -0.05) is 12.2 Å². The van der Waals surface area contributed by atoms with Crippen molar-refractivity contribution < 1.29 is 29.2 Å². The molecule has 2 atom stereocenters. The van der Waals surface area contributed by atoms with Gasteiger partial charge in [-0.25, -0.2) is 0 Å². The Bertz CT molecular complexity index is 792. The highest BCUT2D eigenvalue weighted by Gasteiger charge is 2.35. The van der Waals surface area contributed by atoms with E-state index >= 15 is 0 Å². The van der Waals surface area contributed by atoms with Crippen LogP contribution in [0.15, 0.2) is 35.9 Å². The molecule has 0 amide bonds. The Kier molecular flexibility index (Phi) is 5.09. The predicted molar refractivity (Wildman–Crippen MR) is 97.6 cm³/mol. The topological polar surface area (TPSA) is 77.4 Å². The molecular formula is C20H24O6. The van der Waals surface area contributed by atoms with Gasteiger partial charge in [0.05, 0.1) is 21.3 Å². The second kappa shape index (κ2) is 7.15. The van der Waals surface area contributed by atoms with E-state index < -0.39 is 11.9 Å². The van der Waals surface area contributed by atoms with E-state index in [2.05, 4.69) is 6.08 Å². The standard InChI is InChI=1S/C20H24O6/c1-23-16-11-15-13(12-8-9-20(22,26-4)17(21)10-12)6-5-7-14(15)18(24-2)19(16)25-3/h6,8-11,17,21-22H,5,7H2,1-4H3. The van der Waals surface area contributed by atoms with Crippen molar-refractivity contribution in [3.05, 3.63) is 47.1 Å².